The van der Waals surface area contributed by atoms with Crippen LogP contribution in [-0.2, 0) is 13.0 Å². The molecular weight excluding hydrogens is 472 g/mol. The minimum atomic E-state index is 0.0708. The normalized spacial score (nSPS) is 15.3. The maximum absolute atomic E-state index is 5.92. The zero-order valence-electron chi connectivity index (χ0n) is 21.5. The third-order valence-electron chi connectivity index (χ3n) is 5.81. The molecule has 2 aromatic heterocycles. The van der Waals surface area contributed by atoms with Gasteiger partial charge in [0, 0.05) is 30.9 Å². The van der Waals surface area contributed by atoms with Crippen molar-refractivity contribution in [1.29, 1.82) is 0 Å². The number of nitrogens with zero attached hydrogens (tertiary/aromatic N) is 6. The second-order valence-electron chi connectivity index (χ2n) is 8.46. The fourth-order valence-electron chi connectivity index (χ4n) is 3.99. The molecule has 1 unspecified atom stereocenters. The van der Waals surface area contributed by atoms with Gasteiger partial charge in [-0.15, -0.1) is 5.10 Å². The topological polar surface area (TPSA) is 135 Å². The van der Waals surface area contributed by atoms with Gasteiger partial charge in [-0.1, -0.05) is 18.2 Å². The number of aliphatic imine (C=N–C) groups is 1. The number of methoxy groups -OCH3 is 2. The fraction of sp³-hybridized carbons (Fsp3) is 0.346. The van der Waals surface area contributed by atoms with Crippen LogP contribution in [0.4, 0.5) is 5.95 Å². The fourth-order valence-corrected chi connectivity index (χ4v) is 3.99. The number of hydrogen-bond acceptors (Lipinski definition) is 10. The Labute approximate surface area is 216 Å². The Balaban J connectivity index is 1.42. The van der Waals surface area contributed by atoms with E-state index in [2.05, 4.69) is 31.4 Å². The molecule has 0 aliphatic heterocycles. The smallest absolute Gasteiger partial charge is 0.239 e. The standard InChI is InChI=1S/C26H32N8O3/c1-17(31-21-8-6-5-7-20(21)28-2)15-37-25-13-19(29-16-30-25)14-34-24(32-26(27)33-34)12-18-9-10-22(35-3)23(11-18)36-4/h5-7,9-11,13,16,21,28H,8,12,14-15H2,1-4H3,(H2,27,33). The minimum absolute atomic E-state index is 0.0708. The molecule has 0 saturated carbocycles. The number of hydrogen-bond donors (Lipinski definition) is 2. The van der Waals surface area contributed by atoms with Crippen LogP contribution in [0, 0.1) is 0 Å². The highest BCUT2D eigenvalue weighted by molar-refractivity contribution is 5.83. The summed E-state index contributed by atoms with van der Waals surface area (Å²) in [5.74, 6) is 2.66. The van der Waals surface area contributed by atoms with Crippen molar-refractivity contribution >= 4 is 11.7 Å². The predicted molar refractivity (Wildman–Crippen MR) is 141 cm³/mol. The molecule has 4 rings (SSSR count). The summed E-state index contributed by atoms with van der Waals surface area (Å²) in [4.78, 5) is 17.8. The van der Waals surface area contributed by atoms with Crippen LogP contribution >= 0.6 is 0 Å². The molecule has 0 spiro atoms. The van der Waals surface area contributed by atoms with Gasteiger partial charge in [0.2, 0.25) is 11.8 Å². The first kappa shape index (κ1) is 25.7. The third kappa shape index (κ3) is 6.63. The van der Waals surface area contributed by atoms with Gasteiger partial charge in [0.05, 0.1) is 32.5 Å². The molecule has 3 aromatic rings. The van der Waals surface area contributed by atoms with Gasteiger partial charge in [-0.25, -0.2) is 14.6 Å². The van der Waals surface area contributed by atoms with Crippen LogP contribution in [0.2, 0.25) is 0 Å². The maximum Gasteiger partial charge on any atom is 0.239 e. The van der Waals surface area contributed by atoms with Crippen molar-refractivity contribution in [2.24, 2.45) is 4.99 Å². The summed E-state index contributed by atoms with van der Waals surface area (Å²) < 4.78 is 18.4. The number of benzene rings is 1. The Morgan fingerprint density at radius 1 is 1.19 bits per heavy atom. The lowest BCUT2D eigenvalue weighted by atomic mass is 10.1. The molecule has 194 valence electrons. The van der Waals surface area contributed by atoms with Crippen molar-refractivity contribution in [1.82, 2.24) is 30.0 Å². The average Bonchev–Trinajstić information content (AvgIpc) is 3.25. The number of likely N-dealkylation sites (N-methyl/N-ethyl adjacent to an activating group) is 1. The number of nitrogens with two attached hydrogens (primary N) is 1. The van der Waals surface area contributed by atoms with Crippen molar-refractivity contribution in [3.8, 4) is 17.4 Å². The lowest BCUT2D eigenvalue weighted by Gasteiger charge is -2.18. The number of ether oxygens (including phenoxy) is 3. The maximum atomic E-state index is 5.92. The minimum Gasteiger partial charge on any atom is -0.493 e. The molecule has 1 atom stereocenters. The summed E-state index contributed by atoms with van der Waals surface area (Å²) in [6.45, 7) is 2.64. The molecule has 3 N–H and O–H groups in total. The van der Waals surface area contributed by atoms with Gasteiger partial charge < -0.3 is 25.3 Å². The Bertz CT molecular complexity index is 1310. The van der Waals surface area contributed by atoms with E-state index >= 15 is 0 Å². The van der Waals surface area contributed by atoms with Crippen LogP contribution in [0.15, 0.2) is 59.5 Å². The van der Waals surface area contributed by atoms with Gasteiger partial charge in [-0.05, 0) is 37.1 Å². The summed E-state index contributed by atoms with van der Waals surface area (Å²) in [7, 11) is 5.12. The van der Waals surface area contributed by atoms with E-state index in [1.54, 1.807) is 25.0 Å². The van der Waals surface area contributed by atoms with Crippen molar-refractivity contribution < 1.29 is 14.2 Å². The molecule has 0 saturated heterocycles. The van der Waals surface area contributed by atoms with Gasteiger partial charge in [-0.2, -0.15) is 4.98 Å². The molecule has 1 aromatic carbocycles. The average molecular weight is 505 g/mol. The van der Waals surface area contributed by atoms with Crippen LogP contribution in [0.5, 0.6) is 17.4 Å². The molecule has 37 heavy (non-hydrogen) atoms. The highest BCUT2D eigenvalue weighted by Gasteiger charge is 2.15. The number of rotatable bonds is 11. The lowest BCUT2D eigenvalue weighted by molar-refractivity contribution is 0.354. The van der Waals surface area contributed by atoms with E-state index in [0.717, 1.165) is 29.1 Å². The number of nitrogens with one attached hydrogen (secondary N) is 1. The summed E-state index contributed by atoms with van der Waals surface area (Å²) in [5, 5.41) is 7.56. The quantitative estimate of drug-likeness (QED) is 0.378. The Morgan fingerprint density at radius 3 is 2.81 bits per heavy atom. The summed E-state index contributed by atoms with van der Waals surface area (Å²) in [6.07, 6.45) is 9.02. The van der Waals surface area contributed by atoms with E-state index in [0.29, 0.717) is 42.8 Å². The van der Waals surface area contributed by atoms with Crippen LogP contribution in [0.25, 0.3) is 0 Å². The van der Waals surface area contributed by atoms with Gasteiger partial charge in [0.1, 0.15) is 18.8 Å². The molecule has 0 radical (unpaired) electrons. The second kappa shape index (κ2) is 12.0. The van der Waals surface area contributed by atoms with Crippen molar-refractivity contribution in [3.63, 3.8) is 0 Å². The highest BCUT2D eigenvalue weighted by Crippen LogP contribution is 2.28. The van der Waals surface area contributed by atoms with E-state index in [4.69, 9.17) is 24.9 Å². The summed E-state index contributed by atoms with van der Waals surface area (Å²) in [6, 6.07) is 7.58. The lowest BCUT2D eigenvalue weighted by Crippen LogP contribution is -2.23. The summed E-state index contributed by atoms with van der Waals surface area (Å²) >= 11 is 0. The van der Waals surface area contributed by atoms with E-state index in [1.807, 2.05) is 44.3 Å². The molecule has 2 heterocycles. The van der Waals surface area contributed by atoms with E-state index in [-0.39, 0.29) is 12.0 Å². The van der Waals surface area contributed by atoms with Gasteiger partial charge in [0.25, 0.3) is 0 Å². The van der Waals surface area contributed by atoms with E-state index < -0.39 is 0 Å². The second-order valence-corrected chi connectivity index (χ2v) is 8.46. The van der Waals surface area contributed by atoms with E-state index in [1.165, 1.54) is 6.33 Å². The van der Waals surface area contributed by atoms with Crippen LogP contribution in [-0.4, -0.2) is 64.4 Å². The van der Waals surface area contributed by atoms with Crippen LogP contribution < -0.4 is 25.3 Å². The van der Waals surface area contributed by atoms with Crippen molar-refractivity contribution in [2.75, 3.05) is 33.6 Å². The number of allylic oxidation sites excluding steroid dienone is 2. The predicted octanol–water partition coefficient (Wildman–Crippen LogP) is 2.58. The van der Waals surface area contributed by atoms with Crippen LogP contribution in [0.1, 0.15) is 30.4 Å². The molecule has 0 bridgehead atoms. The SMILES string of the molecule is CNC1=CC=CCC1N=C(C)COc1cc(Cn2nc(N)nc2Cc2ccc(OC)c(OC)c2)ncn1. The van der Waals surface area contributed by atoms with Crippen molar-refractivity contribution in [3.05, 3.63) is 71.6 Å². The molecule has 1 aliphatic carbocycles. The molecular formula is C26H32N8O3. The first-order valence-corrected chi connectivity index (χ1v) is 11.9. The Hall–Kier alpha value is -4.41. The first-order valence-electron chi connectivity index (χ1n) is 11.9. The zero-order chi connectivity index (χ0) is 26.2. The summed E-state index contributed by atoms with van der Waals surface area (Å²) in [5.41, 5.74) is 9.59. The first-order chi connectivity index (χ1) is 18.0. The molecule has 11 nitrogen and oxygen atoms in total. The number of aromatic nitrogens is 5. The Kier molecular flexibility index (Phi) is 8.34. The molecule has 0 fully saturated rings. The van der Waals surface area contributed by atoms with E-state index in [9.17, 15) is 0 Å². The van der Waals surface area contributed by atoms with Crippen LogP contribution in [0.3, 0.4) is 0 Å². The zero-order valence-corrected chi connectivity index (χ0v) is 21.5. The highest BCUT2D eigenvalue weighted by atomic mass is 16.5. The van der Waals surface area contributed by atoms with Gasteiger partial charge in [-0.3, -0.25) is 4.99 Å². The number of anilines is 1. The third-order valence-corrected chi connectivity index (χ3v) is 5.81. The number of nitrogen functional groups attached to an aromatic ring is 1. The van der Waals surface area contributed by atoms with Gasteiger partial charge in [0.15, 0.2) is 11.5 Å². The Morgan fingerprint density at radius 2 is 2.03 bits per heavy atom. The molecule has 11 heteroatoms. The monoisotopic (exact) mass is 504 g/mol. The molecule has 0 amide bonds. The van der Waals surface area contributed by atoms with Crippen molar-refractivity contribution in [2.45, 2.75) is 32.4 Å². The van der Waals surface area contributed by atoms with Gasteiger partial charge >= 0.3 is 0 Å². The molecule has 1 aliphatic rings. The largest absolute Gasteiger partial charge is 0.493 e.